The van der Waals surface area contributed by atoms with Gasteiger partial charge >= 0.3 is 0 Å². The maximum absolute atomic E-state index is 5.39. The lowest BCUT2D eigenvalue weighted by Gasteiger charge is -2.09. The van der Waals surface area contributed by atoms with E-state index in [9.17, 15) is 0 Å². The third kappa shape index (κ3) is 1.96. The fourth-order valence-corrected chi connectivity index (χ4v) is 2.94. The molecule has 0 bridgehead atoms. The van der Waals surface area contributed by atoms with Gasteiger partial charge in [-0.2, -0.15) is 5.10 Å². The number of H-pyrrole nitrogens is 1. The van der Waals surface area contributed by atoms with Gasteiger partial charge in [-0.05, 0) is 41.4 Å². The van der Waals surface area contributed by atoms with E-state index in [1.165, 1.54) is 29.2 Å². The molecule has 1 fully saturated rings. The average molecular weight is 281 g/mol. The molecule has 1 aliphatic rings. The molecular weight excluding hydrogens is 266 g/mol. The van der Waals surface area contributed by atoms with Crippen molar-refractivity contribution in [1.82, 2.24) is 14.8 Å². The zero-order chi connectivity index (χ0) is 13.5. The second-order valence-electron chi connectivity index (χ2n) is 5.39. The summed E-state index contributed by atoms with van der Waals surface area (Å²) in [5.74, 6) is 1.71. The number of nitrogens with zero attached hydrogens (tertiary/aromatic N) is 2. The molecule has 100 valence electrons. The van der Waals surface area contributed by atoms with Crippen LogP contribution in [0.3, 0.4) is 0 Å². The largest absolute Gasteiger partial charge is 0.299 e. The Bertz CT molecular complexity index is 822. The van der Waals surface area contributed by atoms with Gasteiger partial charge in [0.05, 0.1) is 6.54 Å². The van der Waals surface area contributed by atoms with E-state index >= 15 is 0 Å². The fraction of sp³-hybridized carbons (Fsp3) is 0.250. The Labute approximate surface area is 122 Å². The highest BCUT2D eigenvalue weighted by Gasteiger charge is 2.29. The summed E-state index contributed by atoms with van der Waals surface area (Å²) in [4.78, 5) is 0. The predicted molar refractivity (Wildman–Crippen MR) is 82.4 cm³/mol. The molecule has 0 atom stereocenters. The SMILES string of the molecule is S=c1[nH]nc(C2CC2)n1Cc1cccc2ccccc12. The summed E-state index contributed by atoms with van der Waals surface area (Å²) in [5.41, 5.74) is 1.29. The Balaban J connectivity index is 1.82. The molecule has 0 aliphatic heterocycles. The maximum atomic E-state index is 5.39. The smallest absolute Gasteiger partial charge is 0.195 e. The molecule has 0 amide bonds. The second kappa shape index (κ2) is 4.56. The summed E-state index contributed by atoms with van der Waals surface area (Å²) in [6, 6.07) is 14.9. The van der Waals surface area contributed by atoms with Gasteiger partial charge in [0.1, 0.15) is 5.82 Å². The molecule has 4 heteroatoms. The quantitative estimate of drug-likeness (QED) is 0.736. The molecule has 1 aliphatic carbocycles. The minimum absolute atomic E-state index is 0.595. The molecule has 3 aromatic rings. The number of nitrogens with one attached hydrogen (secondary N) is 1. The van der Waals surface area contributed by atoms with Crippen molar-refractivity contribution in [2.45, 2.75) is 25.3 Å². The highest BCUT2D eigenvalue weighted by Crippen LogP contribution is 2.39. The van der Waals surface area contributed by atoms with E-state index in [2.05, 4.69) is 57.2 Å². The molecule has 2 aromatic carbocycles. The summed E-state index contributed by atoms with van der Waals surface area (Å²) in [6.45, 7) is 0.794. The van der Waals surface area contributed by atoms with Crippen LogP contribution in [0, 0.1) is 4.77 Å². The minimum Gasteiger partial charge on any atom is -0.299 e. The number of benzene rings is 2. The Kier molecular flexibility index (Phi) is 2.70. The summed E-state index contributed by atoms with van der Waals surface area (Å²) in [6.07, 6.45) is 2.46. The third-order valence-electron chi connectivity index (χ3n) is 3.94. The van der Waals surface area contributed by atoms with Crippen LogP contribution in [0.2, 0.25) is 0 Å². The van der Waals surface area contributed by atoms with Crippen LogP contribution in [0.25, 0.3) is 10.8 Å². The van der Waals surface area contributed by atoms with Crippen molar-refractivity contribution < 1.29 is 0 Å². The fourth-order valence-electron chi connectivity index (χ4n) is 2.74. The minimum atomic E-state index is 0.595. The van der Waals surface area contributed by atoms with E-state index in [-0.39, 0.29) is 0 Å². The monoisotopic (exact) mass is 281 g/mol. The summed E-state index contributed by atoms with van der Waals surface area (Å²) in [5, 5.41) is 9.91. The maximum Gasteiger partial charge on any atom is 0.195 e. The van der Waals surface area contributed by atoms with Crippen molar-refractivity contribution in [3.8, 4) is 0 Å². The Morgan fingerprint density at radius 2 is 1.95 bits per heavy atom. The van der Waals surface area contributed by atoms with Crippen LogP contribution >= 0.6 is 12.2 Å². The lowest BCUT2D eigenvalue weighted by atomic mass is 10.0. The molecule has 1 saturated carbocycles. The number of aromatic amines is 1. The van der Waals surface area contributed by atoms with Crippen LogP contribution in [0.15, 0.2) is 42.5 Å². The Hall–Kier alpha value is -1.94. The number of fused-ring (bicyclic) bond motifs is 1. The molecule has 0 spiro atoms. The molecule has 0 unspecified atom stereocenters. The van der Waals surface area contributed by atoms with Gasteiger partial charge in [-0.3, -0.25) is 9.67 Å². The summed E-state index contributed by atoms with van der Waals surface area (Å²) in [7, 11) is 0. The molecule has 20 heavy (non-hydrogen) atoms. The molecule has 0 saturated heterocycles. The first-order valence-electron chi connectivity index (χ1n) is 6.94. The zero-order valence-corrected chi connectivity index (χ0v) is 11.9. The van der Waals surface area contributed by atoms with Crippen LogP contribution < -0.4 is 0 Å². The van der Waals surface area contributed by atoms with Crippen LogP contribution in [0.5, 0.6) is 0 Å². The normalized spacial score (nSPS) is 14.8. The van der Waals surface area contributed by atoms with Crippen molar-refractivity contribution in [2.24, 2.45) is 0 Å². The van der Waals surface area contributed by atoms with Gasteiger partial charge in [0.15, 0.2) is 4.77 Å². The van der Waals surface area contributed by atoms with E-state index in [1.807, 2.05) is 0 Å². The van der Waals surface area contributed by atoms with Gasteiger partial charge in [0.25, 0.3) is 0 Å². The summed E-state index contributed by atoms with van der Waals surface area (Å²) < 4.78 is 2.87. The van der Waals surface area contributed by atoms with Gasteiger partial charge < -0.3 is 0 Å². The number of rotatable bonds is 3. The van der Waals surface area contributed by atoms with Gasteiger partial charge in [-0.25, -0.2) is 0 Å². The number of hydrogen-bond acceptors (Lipinski definition) is 2. The molecule has 0 radical (unpaired) electrons. The molecule has 1 heterocycles. The lowest BCUT2D eigenvalue weighted by molar-refractivity contribution is 0.722. The standard InChI is InChI=1S/C16H15N3S/c20-16-18-17-15(12-8-9-12)19(16)10-13-6-3-5-11-4-1-2-7-14(11)13/h1-7,12H,8-10H2,(H,18,20). The van der Waals surface area contributed by atoms with E-state index in [0.717, 1.165) is 17.1 Å². The first kappa shape index (κ1) is 11.9. The number of hydrogen-bond donors (Lipinski definition) is 1. The molecule has 3 nitrogen and oxygen atoms in total. The van der Waals surface area contributed by atoms with Crippen molar-refractivity contribution in [2.75, 3.05) is 0 Å². The number of aromatic nitrogens is 3. The molecule has 4 rings (SSSR count). The first-order chi connectivity index (χ1) is 9.83. The van der Waals surface area contributed by atoms with Crippen LogP contribution in [0.1, 0.15) is 30.1 Å². The van der Waals surface area contributed by atoms with Gasteiger partial charge in [-0.15, -0.1) is 0 Å². The van der Waals surface area contributed by atoms with E-state index in [4.69, 9.17) is 12.2 Å². The van der Waals surface area contributed by atoms with E-state index in [0.29, 0.717) is 5.92 Å². The van der Waals surface area contributed by atoms with Gasteiger partial charge in [0.2, 0.25) is 0 Å². The topological polar surface area (TPSA) is 33.6 Å². The zero-order valence-electron chi connectivity index (χ0n) is 11.0. The predicted octanol–water partition coefficient (Wildman–Crippen LogP) is 4.02. The summed E-state index contributed by atoms with van der Waals surface area (Å²) >= 11 is 5.39. The highest BCUT2D eigenvalue weighted by molar-refractivity contribution is 7.71. The highest BCUT2D eigenvalue weighted by atomic mass is 32.1. The van der Waals surface area contributed by atoms with Crippen LogP contribution in [-0.2, 0) is 6.54 Å². The van der Waals surface area contributed by atoms with Crippen molar-refractivity contribution >= 4 is 23.0 Å². The van der Waals surface area contributed by atoms with Crippen molar-refractivity contribution in [3.63, 3.8) is 0 Å². The third-order valence-corrected chi connectivity index (χ3v) is 4.25. The first-order valence-corrected chi connectivity index (χ1v) is 7.35. The van der Waals surface area contributed by atoms with Crippen LogP contribution in [0.4, 0.5) is 0 Å². The molecule has 1 N–H and O–H groups in total. The van der Waals surface area contributed by atoms with Crippen LogP contribution in [-0.4, -0.2) is 14.8 Å². The molecule has 1 aromatic heterocycles. The van der Waals surface area contributed by atoms with Crippen molar-refractivity contribution in [1.29, 1.82) is 0 Å². The van der Waals surface area contributed by atoms with E-state index < -0.39 is 0 Å². The van der Waals surface area contributed by atoms with Crippen molar-refractivity contribution in [3.05, 3.63) is 58.6 Å². The van der Waals surface area contributed by atoms with Gasteiger partial charge in [0, 0.05) is 5.92 Å². The Morgan fingerprint density at radius 3 is 2.80 bits per heavy atom. The second-order valence-corrected chi connectivity index (χ2v) is 5.77. The molecular formula is C16H15N3S. The average Bonchev–Trinajstić information content (AvgIpc) is 3.26. The Morgan fingerprint density at radius 1 is 1.15 bits per heavy atom. The van der Waals surface area contributed by atoms with E-state index in [1.54, 1.807) is 0 Å². The van der Waals surface area contributed by atoms with Gasteiger partial charge in [-0.1, -0.05) is 42.5 Å². The lowest BCUT2D eigenvalue weighted by Crippen LogP contribution is -2.05.